The van der Waals surface area contributed by atoms with Crippen LogP contribution in [-0.2, 0) is 9.53 Å². The van der Waals surface area contributed by atoms with Crippen LogP contribution in [0.5, 0.6) is 0 Å². The van der Waals surface area contributed by atoms with Gasteiger partial charge in [-0.3, -0.25) is 4.79 Å². The summed E-state index contributed by atoms with van der Waals surface area (Å²) in [5.74, 6) is 0.547. The highest BCUT2D eigenvalue weighted by Gasteiger charge is 2.33. The topological polar surface area (TPSA) is 62.7 Å². The van der Waals surface area contributed by atoms with Crippen LogP contribution in [0, 0.1) is 0 Å². The smallest absolute Gasteiger partial charge is 0.410 e. The van der Waals surface area contributed by atoms with Crippen LogP contribution in [0.1, 0.15) is 12.8 Å². The van der Waals surface area contributed by atoms with Gasteiger partial charge in [-0.05, 0) is 25.0 Å². The van der Waals surface area contributed by atoms with Crippen molar-refractivity contribution in [1.82, 2.24) is 14.8 Å². The molecule has 2 amide bonds. The minimum atomic E-state index is -0.213. The monoisotopic (exact) mass is 321 g/mol. The second-order valence-electron chi connectivity index (χ2n) is 5.38. The Morgan fingerprint density at radius 1 is 1.32 bits per heavy atom. The minimum Gasteiger partial charge on any atom is -0.448 e. The lowest BCUT2D eigenvalue weighted by Crippen LogP contribution is -2.47. The van der Waals surface area contributed by atoms with E-state index in [2.05, 4.69) is 4.98 Å². The van der Waals surface area contributed by atoms with E-state index in [1.807, 2.05) is 23.1 Å². The van der Waals surface area contributed by atoms with E-state index in [1.54, 1.807) is 11.1 Å². The van der Waals surface area contributed by atoms with Crippen molar-refractivity contribution in [2.75, 3.05) is 32.0 Å². The zero-order chi connectivity index (χ0) is 15.4. The lowest BCUT2D eigenvalue weighted by Gasteiger charge is -2.35. The molecule has 0 saturated carbocycles. The minimum absolute atomic E-state index is 0.137. The number of aromatic nitrogens is 1. The maximum Gasteiger partial charge on any atom is 0.410 e. The molecule has 7 heteroatoms. The van der Waals surface area contributed by atoms with Gasteiger partial charge in [0.25, 0.3) is 0 Å². The Hall–Kier alpha value is -1.76. The molecule has 2 aliphatic rings. The Bertz CT molecular complexity index is 532. The molecule has 1 aromatic rings. The maximum atomic E-state index is 12.2. The molecule has 0 aromatic carbocycles. The quantitative estimate of drug-likeness (QED) is 0.789. The number of carbonyl (C=O) groups excluding carboxylic acids is 2. The van der Waals surface area contributed by atoms with Crippen LogP contribution >= 0.6 is 11.8 Å². The summed E-state index contributed by atoms with van der Waals surface area (Å²) < 4.78 is 4.98. The van der Waals surface area contributed by atoms with E-state index in [9.17, 15) is 9.59 Å². The van der Waals surface area contributed by atoms with Gasteiger partial charge in [0, 0.05) is 25.3 Å². The van der Waals surface area contributed by atoms with Crippen molar-refractivity contribution in [3.05, 3.63) is 24.4 Å². The molecule has 2 aliphatic heterocycles. The predicted molar refractivity (Wildman–Crippen MR) is 82.6 cm³/mol. The first-order chi connectivity index (χ1) is 10.7. The van der Waals surface area contributed by atoms with E-state index in [4.69, 9.17) is 4.74 Å². The molecule has 0 spiro atoms. The second-order valence-corrected chi connectivity index (χ2v) is 6.37. The predicted octanol–water partition coefficient (Wildman–Crippen LogP) is 1.62. The third kappa shape index (κ3) is 3.52. The van der Waals surface area contributed by atoms with Gasteiger partial charge in [0.15, 0.2) is 0 Å². The first kappa shape index (κ1) is 15.1. The number of piperidine rings is 1. The number of thioether (sulfide) groups is 1. The molecule has 0 aliphatic carbocycles. The van der Waals surface area contributed by atoms with Crippen molar-refractivity contribution in [3.8, 4) is 0 Å². The third-order valence-electron chi connectivity index (χ3n) is 4.03. The Morgan fingerprint density at radius 2 is 2.14 bits per heavy atom. The van der Waals surface area contributed by atoms with Crippen LogP contribution < -0.4 is 0 Å². The van der Waals surface area contributed by atoms with Gasteiger partial charge >= 0.3 is 6.09 Å². The van der Waals surface area contributed by atoms with Gasteiger partial charge in [0.05, 0.1) is 17.3 Å². The summed E-state index contributed by atoms with van der Waals surface area (Å²) in [6.45, 7) is 2.57. The van der Waals surface area contributed by atoms with Crippen molar-refractivity contribution in [2.24, 2.45) is 0 Å². The average Bonchev–Trinajstić information content (AvgIpc) is 3.00. The van der Waals surface area contributed by atoms with Crippen molar-refractivity contribution in [3.63, 3.8) is 0 Å². The summed E-state index contributed by atoms with van der Waals surface area (Å²) in [4.78, 5) is 31.7. The molecule has 0 bridgehead atoms. The van der Waals surface area contributed by atoms with E-state index in [-0.39, 0.29) is 18.0 Å². The number of hydrogen-bond acceptors (Lipinski definition) is 5. The molecule has 0 unspecified atom stereocenters. The third-order valence-corrected chi connectivity index (χ3v) is 4.96. The number of pyridine rings is 1. The van der Waals surface area contributed by atoms with E-state index in [1.165, 1.54) is 11.8 Å². The zero-order valence-electron chi connectivity index (χ0n) is 12.3. The number of nitrogens with zero attached hydrogens (tertiary/aromatic N) is 3. The molecule has 22 heavy (non-hydrogen) atoms. The number of hydrogen-bond donors (Lipinski definition) is 0. The molecule has 118 valence electrons. The first-order valence-electron chi connectivity index (χ1n) is 7.49. The van der Waals surface area contributed by atoms with Gasteiger partial charge in [0.1, 0.15) is 6.61 Å². The number of rotatable bonds is 4. The molecule has 0 atom stereocenters. The van der Waals surface area contributed by atoms with Crippen LogP contribution in [0.15, 0.2) is 29.4 Å². The molecular formula is C15H19N3O3S. The van der Waals surface area contributed by atoms with E-state index in [0.29, 0.717) is 32.0 Å². The van der Waals surface area contributed by atoms with Gasteiger partial charge in [-0.2, -0.15) is 0 Å². The molecule has 3 rings (SSSR count). The lowest BCUT2D eigenvalue weighted by atomic mass is 10.0. The van der Waals surface area contributed by atoms with Gasteiger partial charge in [-0.25, -0.2) is 9.78 Å². The number of cyclic esters (lactones) is 1. The van der Waals surface area contributed by atoms with Crippen LogP contribution in [0.25, 0.3) is 0 Å². The number of likely N-dealkylation sites (tertiary alicyclic amines) is 1. The maximum absolute atomic E-state index is 12.2. The number of carbonyl (C=O) groups is 2. The molecule has 1 aromatic heterocycles. The Morgan fingerprint density at radius 3 is 2.77 bits per heavy atom. The SMILES string of the molecule is O=C(CSc1ccccn1)N1CCC(N2CCOC2=O)CC1. The molecule has 2 fully saturated rings. The average molecular weight is 321 g/mol. The summed E-state index contributed by atoms with van der Waals surface area (Å²) in [6, 6.07) is 5.89. The highest BCUT2D eigenvalue weighted by Crippen LogP contribution is 2.21. The highest BCUT2D eigenvalue weighted by atomic mass is 32.2. The standard InChI is InChI=1S/C15H19N3O3S/c19-14(11-22-13-3-1-2-6-16-13)17-7-4-12(5-8-17)18-9-10-21-15(18)20/h1-3,6,12H,4-5,7-11H2. The highest BCUT2D eigenvalue weighted by molar-refractivity contribution is 7.99. The number of ether oxygens (including phenoxy) is 1. The van der Waals surface area contributed by atoms with Crippen molar-refractivity contribution < 1.29 is 14.3 Å². The normalized spacial score (nSPS) is 19.4. The van der Waals surface area contributed by atoms with E-state index < -0.39 is 0 Å². The summed E-state index contributed by atoms with van der Waals surface area (Å²) in [6.07, 6.45) is 3.17. The van der Waals surface area contributed by atoms with E-state index in [0.717, 1.165) is 17.9 Å². The fraction of sp³-hybridized carbons (Fsp3) is 0.533. The van der Waals surface area contributed by atoms with Gasteiger partial charge < -0.3 is 14.5 Å². The molecule has 6 nitrogen and oxygen atoms in total. The zero-order valence-corrected chi connectivity index (χ0v) is 13.1. The first-order valence-corrected chi connectivity index (χ1v) is 8.47. The summed E-state index contributed by atoms with van der Waals surface area (Å²) in [7, 11) is 0. The second kappa shape index (κ2) is 7.00. The molecular weight excluding hydrogens is 302 g/mol. The van der Waals surface area contributed by atoms with Crippen molar-refractivity contribution >= 4 is 23.8 Å². The van der Waals surface area contributed by atoms with Crippen LogP contribution in [0.3, 0.4) is 0 Å². The van der Waals surface area contributed by atoms with Gasteiger partial charge in [-0.1, -0.05) is 17.8 Å². The largest absolute Gasteiger partial charge is 0.448 e. The van der Waals surface area contributed by atoms with Crippen molar-refractivity contribution in [2.45, 2.75) is 23.9 Å². The van der Waals surface area contributed by atoms with E-state index >= 15 is 0 Å². The van der Waals surface area contributed by atoms with Gasteiger partial charge in [-0.15, -0.1) is 0 Å². The lowest BCUT2D eigenvalue weighted by molar-refractivity contribution is -0.129. The van der Waals surface area contributed by atoms with Crippen molar-refractivity contribution in [1.29, 1.82) is 0 Å². The van der Waals surface area contributed by atoms with Crippen LogP contribution in [0.4, 0.5) is 4.79 Å². The summed E-state index contributed by atoms with van der Waals surface area (Å²) in [5, 5.41) is 0.866. The fourth-order valence-corrected chi connectivity index (χ4v) is 3.59. The molecule has 2 saturated heterocycles. The van der Waals surface area contributed by atoms with Gasteiger partial charge in [0.2, 0.25) is 5.91 Å². The van der Waals surface area contributed by atoms with Crippen LogP contribution in [0.2, 0.25) is 0 Å². The summed E-state index contributed by atoms with van der Waals surface area (Å²) in [5.41, 5.74) is 0. The number of amides is 2. The summed E-state index contributed by atoms with van der Waals surface area (Å²) >= 11 is 1.46. The van der Waals surface area contributed by atoms with Crippen LogP contribution in [-0.4, -0.2) is 64.8 Å². The Labute approximate surface area is 133 Å². The molecule has 0 N–H and O–H groups in total. The Balaban J connectivity index is 1.44. The molecule has 0 radical (unpaired) electrons. The Kier molecular flexibility index (Phi) is 4.82. The fourth-order valence-electron chi connectivity index (χ4n) is 2.82. The molecule has 3 heterocycles.